The predicted octanol–water partition coefficient (Wildman–Crippen LogP) is 2.68. The van der Waals surface area contributed by atoms with E-state index in [1.807, 2.05) is 0 Å². The minimum absolute atomic E-state index is 0.216. The molecule has 102 valence electrons. The molecule has 0 unspecified atom stereocenters. The van der Waals surface area contributed by atoms with Crippen molar-refractivity contribution in [3.63, 3.8) is 0 Å². The number of nitrogens with zero attached hydrogens (tertiary/aromatic N) is 1. The third kappa shape index (κ3) is 2.18. The average molecular weight is 271 g/mol. The van der Waals surface area contributed by atoms with Crippen LogP contribution in [0.4, 0.5) is 0 Å². The zero-order valence-electron chi connectivity index (χ0n) is 10.9. The van der Waals surface area contributed by atoms with Crippen LogP contribution in [0.2, 0.25) is 0 Å². The number of carboxylic acids is 1. The summed E-state index contributed by atoms with van der Waals surface area (Å²) in [7, 11) is 1.57. The first-order valence-electron chi connectivity index (χ1n) is 6.25. The van der Waals surface area contributed by atoms with E-state index in [0.717, 1.165) is 24.1 Å². The van der Waals surface area contributed by atoms with Gasteiger partial charge in [0.1, 0.15) is 11.5 Å². The number of carboxylic acid groups (broad SMARTS) is 1. The summed E-state index contributed by atoms with van der Waals surface area (Å²) >= 11 is 0. The highest BCUT2D eigenvalue weighted by Crippen LogP contribution is 2.34. The Hall–Kier alpha value is -2.56. The van der Waals surface area contributed by atoms with E-state index in [9.17, 15) is 4.79 Å². The topological polar surface area (TPSA) is 68.7 Å². The van der Waals surface area contributed by atoms with Gasteiger partial charge in [-0.1, -0.05) is 6.07 Å². The molecule has 0 bridgehead atoms. The number of carbonyl (C=O) groups is 1. The molecule has 1 N–H and O–H groups in total. The Labute approximate surface area is 115 Å². The summed E-state index contributed by atoms with van der Waals surface area (Å²) in [6.45, 7) is 0. The molecule has 20 heavy (non-hydrogen) atoms. The van der Waals surface area contributed by atoms with Crippen molar-refractivity contribution in [1.82, 2.24) is 4.98 Å². The van der Waals surface area contributed by atoms with Gasteiger partial charge in [0.25, 0.3) is 0 Å². The van der Waals surface area contributed by atoms with Gasteiger partial charge in [0, 0.05) is 6.07 Å². The summed E-state index contributed by atoms with van der Waals surface area (Å²) < 4.78 is 10.9. The SMILES string of the molecule is COc1ccc2c(n1)CCc1ccc(C(=O)O)cc1O2. The highest BCUT2D eigenvalue weighted by atomic mass is 16.5. The fourth-order valence-electron chi connectivity index (χ4n) is 2.21. The van der Waals surface area contributed by atoms with Crippen LogP contribution >= 0.6 is 0 Å². The molecule has 0 saturated heterocycles. The third-order valence-electron chi connectivity index (χ3n) is 3.28. The fraction of sp³-hybridized carbons (Fsp3) is 0.200. The molecular formula is C15H13NO4. The highest BCUT2D eigenvalue weighted by Gasteiger charge is 2.18. The average Bonchev–Trinajstić information content (AvgIpc) is 2.64. The van der Waals surface area contributed by atoms with Crippen molar-refractivity contribution in [3.05, 3.63) is 47.2 Å². The molecule has 5 heteroatoms. The second kappa shape index (κ2) is 4.85. The molecule has 0 atom stereocenters. The number of hydrogen-bond acceptors (Lipinski definition) is 4. The number of benzene rings is 1. The number of rotatable bonds is 2. The van der Waals surface area contributed by atoms with Gasteiger partial charge in [-0.2, -0.15) is 0 Å². The number of aryl methyl sites for hydroxylation is 2. The second-order valence-electron chi connectivity index (χ2n) is 4.53. The van der Waals surface area contributed by atoms with Gasteiger partial charge < -0.3 is 14.6 Å². The van der Waals surface area contributed by atoms with Crippen molar-refractivity contribution in [2.24, 2.45) is 0 Å². The maximum atomic E-state index is 11.0. The van der Waals surface area contributed by atoms with Crippen molar-refractivity contribution in [2.45, 2.75) is 12.8 Å². The Morgan fingerprint density at radius 2 is 2.10 bits per heavy atom. The Morgan fingerprint density at radius 3 is 2.85 bits per heavy atom. The largest absolute Gasteiger partial charge is 0.481 e. The van der Waals surface area contributed by atoms with Crippen LogP contribution in [0.25, 0.3) is 0 Å². The zero-order chi connectivity index (χ0) is 14.1. The van der Waals surface area contributed by atoms with Crippen molar-refractivity contribution in [2.75, 3.05) is 7.11 Å². The standard InChI is InChI=1S/C15H13NO4/c1-19-14-7-6-12-11(16-14)5-4-9-2-3-10(15(17)18)8-13(9)20-12/h2-3,6-8H,4-5H2,1H3,(H,17,18). The number of ether oxygens (including phenoxy) is 2. The summed E-state index contributed by atoms with van der Waals surface area (Å²) in [4.78, 5) is 15.4. The Kier molecular flexibility index (Phi) is 3.02. The monoisotopic (exact) mass is 271 g/mol. The van der Waals surface area contributed by atoms with Crippen molar-refractivity contribution >= 4 is 5.97 Å². The summed E-state index contributed by atoms with van der Waals surface area (Å²) in [6.07, 6.45) is 1.48. The summed E-state index contributed by atoms with van der Waals surface area (Å²) in [5, 5.41) is 9.04. The van der Waals surface area contributed by atoms with Crippen molar-refractivity contribution in [3.8, 4) is 17.4 Å². The predicted molar refractivity (Wildman–Crippen MR) is 71.7 cm³/mol. The van der Waals surface area contributed by atoms with E-state index in [0.29, 0.717) is 17.4 Å². The van der Waals surface area contributed by atoms with E-state index in [1.165, 1.54) is 0 Å². The van der Waals surface area contributed by atoms with E-state index in [1.54, 1.807) is 37.4 Å². The summed E-state index contributed by atoms with van der Waals surface area (Å²) in [5.41, 5.74) is 2.01. The molecule has 1 aromatic carbocycles. The molecule has 1 aliphatic heterocycles. The molecule has 0 aliphatic carbocycles. The van der Waals surface area contributed by atoms with Crippen LogP contribution in [0.1, 0.15) is 21.6 Å². The summed E-state index contributed by atoms with van der Waals surface area (Å²) in [6, 6.07) is 8.46. The van der Waals surface area contributed by atoms with Crippen LogP contribution in [0.5, 0.6) is 17.4 Å². The lowest BCUT2D eigenvalue weighted by Crippen LogP contribution is -1.98. The van der Waals surface area contributed by atoms with Crippen LogP contribution in [0.3, 0.4) is 0 Å². The molecule has 0 amide bonds. The molecule has 5 nitrogen and oxygen atoms in total. The maximum Gasteiger partial charge on any atom is 0.335 e. The Balaban J connectivity index is 2.02. The first kappa shape index (κ1) is 12.5. The molecule has 0 spiro atoms. The first-order chi connectivity index (χ1) is 9.67. The van der Waals surface area contributed by atoms with E-state index in [-0.39, 0.29) is 5.56 Å². The highest BCUT2D eigenvalue weighted by molar-refractivity contribution is 5.88. The molecule has 1 aromatic heterocycles. The maximum absolute atomic E-state index is 11.0. The van der Waals surface area contributed by atoms with Crippen LogP contribution in [-0.4, -0.2) is 23.2 Å². The van der Waals surface area contributed by atoms with Gasteiger partial charge in [0.2, 0.25) is 5.88 Å². The van der Waals surface area contributed by atoms with Gasteiger partial charge >= 0.3 is 5.97 Å². The Morgan fingerprint density at radius 1 is 1.25 bits per heavy atom. The minimum atomic E-state index is -0.964. The smallest absolute Gasteiger partial charge is 0.335 e. The van der Waals surface area contributed by atoms with Crippen LogP contribution < -0.4 is 9.47 Å². The van der Waals surface area contributed by atoms with E-state index in [4.69, 9.17) is 14.6 Å². The van der Waals surface area contributed by atoms with Gasteiger partial charge in [-0.3, -0.25) is 0 Å². The summed E-state index contributed by atoms with van der Waals surface area (Å²) in [5.74, 6) is 0.806. The molecule has 0 saturated carbocycles. The zero-order valence-corrected chi connectivity index (χ0v) is 10.9. The Bertz CT molecular complexity index is 682. The lowest BCUT2D eigenvalue weighted by molar-refractivity contribution is 0.0696. The van der Waals surface area contributed by atoms with Gasteiger partial charge in [-0.25, -0.2) is 9.78 Å². The lowest BCUT2D eigenvalue weighted by atomic mass is 10.1. The lowest BCUT2D eigenvalue weighted by Gasteiger charge is -2.09. The fourth-order valence-corrected chi connectivity index (χ4v) is 2.21. The van der Waals surface area contributed by atoms with Gasteiger partial charge in [-0.05, 0) is 36.6 Å². The minimum Gasteiger partial charge on any atom is -0.481 e. The van der Waals surface area contributed by atoms with Gasteiger partial charge in [-0.15, -0.1) is 0 Å². The van der Waals surface area contributed by atoms with Crippen LogP contribution in [0, 0.1) is 0 Å². The van der Waals surface area contributed by atoms with Crippen molar-refractivity contribution < 1.29 is 19.4 Å². The number of methoxy groups -OCH3 is 1. The molecular weight excluding hydrogens is 258 g/mol. The van der Waals surface area contributed by atoms with Crippen LogP contribution in [-0.2, 0) is 12.8 Å². The quantitative estimate of drug-likeness (QED) is 0.909. The van der Waals surface area contributed by atoms with Crippen LogP contribution in [0.15, 0.2) is 30.3 Å². The van der Waals surface area contributed by atoms with Crippen molar-refractivity contribution in [1.29, 1.82) is 0 Å². The number of pyridine rings is 1. The molecule has 2 aromatic rings. The molecule has 2 heterocycles. The first-order valence-corrected chi connectivity index (χ1v) is 6.25. The number of aromatic nitrogens is 1. The molecule has 3 rings (SSSR count). The van der Waals surface area contributed by atoms with Gasteiger partial charge in [0.05, 0.1) is 18.4 Å². The molecule has 1 aliphatic rings. The number of hydrogen-bond donors (Lipinski definition) is 1. The third-order valence-corrected chi connectivity index (χ3v) is 3.28. The number of aromatic carboxylic acids is 1. The second-order valence-corrected chi connectivity index (χ2v) is 4.53. The van der Waals surface area contributed by atoms with E-state index in [2.05, 4.69) is 4.98 Å². The normalized spacial score (nSPS) is 12.7. The van der Waals surface area contributed by atoms with E-state index >= 15 is 0 Å². The molecule has 0 radical (unpaired) electrons. The molecule has 0 fully saturated rings. The van der Waals surface area contributed by atoms with Gasteiger partial charge in [0.15, 0.2) is 0 Å². The number of fused-ring (bicyclic) bond motifs is 2. The van der Waals surface area contributed by atoms with E-state index < -0.39 is 5.97 Å².